The van der Waals surface area contributed by atoms with E-state index in [1.165, 1.54) is 11.3 Å². The number of benzene rings is 1. The minimum absolute atomic E-state index is 0.133. The maximum absolute atomic E-state index is 13.1. The van der Waals surface area contributed by atoms with Crippen LogP contribution in [0.2, 0.25) is 0 Å². The molecule has 0 saturated carbocycles. The first kappa shape index (κ1) is 13.1. The summed E-state index contributed by atoms with van der Waals surface area (Å²) in [6.45, 7) is 5.99. The summed E-state index contributed by atoms with van der Waals surface area (Å²) in [5.74, 6) is -3.85. The fourth-order valence-electron chi connectivity index (χ4n) is 1.43. The van der Waals surface area contributed by atoms with Crippen molar-refractivity contribution in [2.24, 2.45) is 0 Å². The molecule has 0 bridgehead atoms. The number of hydrogen-bond donors (Lipinski definition) is 0. The Balaban J connectivity index is 2.47. The number of thiazole rings is 1. The van der Waals surface area contributed by atoms with E-state index in [4.69, 9.17) is 0 Å². The lowest BCUT2D eigenvalue weighted by molar-refractivity contribution is 0.447. The quantitative estimate of drug-likeness (QED) is 0.695. The van der Waals surface area contributed by atoms with Crippen molar-refractivity contribution in [2.75, 3.05) is 0 Å². The Morgan fingerprint density at radius 1 is 1.06 bits per heavy atom. The summed E-state index contributed by atoms with van der Waals surface area (Å²) in [6.07, 6.45) is 0. The van der Waals surface area contributed by atoms with Gasteiger partial charge >= 0.3 is 0 Å². The van der Waals surface area contributed by atoms with Crippen LogP contribution >= 0.6 is 11.3 Å². The molecular weight excluding hydrogens is 259 g/mol. The zero-order chi connectivity index (χ0) is 13.5. The van der Waals surface area contributed by atoms with Crippen molar-refractivity contribution < 1.29 is 13.2 Å². The van der Waals surface area contributed by atoms with Crippen LogP contribution < -0.4 is 0 Å². The van der Waals surface area contributed by atoms with E-state index >= 15 is 0 Å². The van der Waals surface area contributed by atoms with E-state index in [0.29, 0.717) is 5.01 Å². The average molecular weight is 271 g/mol. The van der Waals surface area contributed by atoms with Gasteiger partial charge in [0.1, 0.15) is 5.01 Å². The van der Waals surface area contributed by atoms with Gasteiger partial charge in [0, 0.05) is 16.4 Å². The second-order valence-corrected chi connectivity index (χ2v) is 5.90. The molecule has 5 heteroatoms. The van der Waals surface area contributed by atoms with Gasteiger partial charge in [0.05, 0.1) is 5.69 Å². The number of halogens is 3. The third-order valence-electron chi connectivity index (χ3n) is 2.50. The van der Waals surface area contributed by atoms with Gasteiger partial charge in [-0.05, 0) is 12.1 Å². The smallest absolute Gasteiger partial charge is 0.194 e. The lowest BCUT2D eigenvalue weighted by Crippen LogP contribution is -2.11. The van der Waals surface area contributed by atoms with E-state index in [1.807, 2.05) is 26.2 Å². The third kappa shape index (κ3) is 2.41. The highest BCUT2D eigenvalue weighted by atomic mass is 32.1. The molecule has 0 saturated heterocycles. The number of nitrogens with zero attached hydrogens (tertiary/aromatic N) is 1. The molecule has 0 fully saturated rings. The number of rotatable bonds is 1. The predicted octanol–water partition coefficient (Wildman–Crippen LogP) is 4.52. The van der Waals surface area contributed by atoms with Crippen molar-refractivity contribution in [1.82, 2.24) is 4.98 Å². The Morgan fingerprint density at radius 3 is 2.06 bits per heavy atom. The summed E-state index contributed by atoms with van der Waals surface area (Å²) in [5.41, 5.74) is 0.964. The second-order valence-electron chi connectivity index (χ2n) is 5.04. The summed E-state index contributed by atoms with van der Waals surface area (Å²) in [7, 11) is 0. The molecule has 0 aliphatic rings. The maximum atomic E-state index is 13.1. The van der Waals surface area contributed by atoms with Gasteiger partial charge in [0.2, 0.25) is 0 Å². The van der Waals surface area contributed by atoms with Crippen molar-refractivity contribution in [3.8, 4) is 10.6 Å². The predicted molar refractivity (Wildman–Crippen MR) is 66.1 cm³/mol. The minimum Gasteiger partial charge on any atom is -0.241 e. The first-order valence-corrected chi connectivity index (χ1v) is 6.28. The van der Waals surface area contributed by atoms with Crippen LogP contribution in [0.1, 0.15) is 26.5 Å². The fourth-order valence-corrected chi connectivity index (χ4v) is 2.46. The molecule has 1 nitrogen and oxygen atoms in total. The molecule has 1 aromatic heterocycles. The maximum Gasteiger partial charge on any atom is 0.194 e. The highest BCUT2D eigenvalue weighted by Crippen LogP contribution is 2.31. The van der Waals surface area contributed by atoms with Gasteiger partial charge in [-0.3, -0.25) is 0 Å². The Morgan fingerprint density at radius 2 is 1.61 bits per heavy atom. The van der Waals surface area contributed by atoms with Crippen LogP contribution in [0.5, 0.6) is 0 Å². The summed E-state index contributed by atoms with van der Waals surface area (Å²) in [4.78, 5) is 4.33. The summed E-state index contributed by atoms with van der Waals surface area (Å²) in [6, 6.07) is 1.92. The summed E-state index contributed by atoms with van der Waals surface area (Å²) < 4.78 is 39.1. The highest BCUT2D eigenvalue weighted by molar-refractivity contribution is 7.13. The van der Waals surface area contributed by atoms with Crippen LogP contribution in [0.15, 0.2) is 17.5 Å². The Hall–Kier alpha value is -1.36. The van der Waals surface area contributed by atoms with Crippen LogP contribution in [-0.2, 0) is 5.41 Å². The van der Waals surface area contributed by atoms with Crippen LogP contribution in [-0.4, -0.2) is 4.98 Å². The Bertz CT molecular complexity index is 561. The molecule has 18 heavy (non-hydrogen) atoms. The van der Waals surface area contributed by atoms with E-state index in [0.717, 1.165) is 17.8 Å². The molecule has 0 aliphatic carbocycles. The Labute approximate surface area is 107 Å². The normalized spacial score (nSPS) is 11.9. The first-order valence-electron chi connectivity index (χ1n) is 5.40. The molecule has 1 aromatic carbocycles. The van der Waals surface area contributed by atoms with Gasteiger partial charge in [-0.2, -0.15) is 0 Å². The highest BCUT2D eigenvalue weighted by Gasteiger charge is 2.19. The molecule has 0 aliphatic heterocycles. The molecule has 96 valence electrons. The molecule has 0 amide bonds. The van der Waals surface area contributed by atoms with Gasteiger partial charge in [0.15, 0.2) is 17.5 Å². The number of hydrogen-bond acceptors (Lipinski definition) is 2. The third-order valence-corrected chi connectivity index (χ3v) is 3.39. The number of aromatic nitrogens is 1. The SMILES string of the molecule is CC(C)(C)c1csc(-c2cc(F)c(F)c(F)c2)n1. The van der Waals surface area contributed by atoms with Gasteiger partial charge in [-0.1, -0.05) is 20.8 Å². The molecule has 0 unspecified atom stereocenters. The van der Waals surface area contributed by atoms with Crippen molar-refractivity contribution in [3.63, 3.8) is 0 Å². The topological polar surface area (TPSA) is 12.9 Å². The van der Waals surface area contributed by atoms with Crippen LogP contribution in [0, 0.1) is 17.5 Å². The van der Waals surface area contributed by atoms with Crippen LogP contribution in [0.25, 0.3) is 10.6 Å². The second kappa shape index (κ2) is 4.39. The van der Waals surface area contributed by atoms with Gasteiger partial charge < -0.3 is 0 Å². The van der Waals surface area contributed by atoms with E-state index in [9.17, 15) is 13.2 Å². The van der Waals surface area contributed by atoms with E-state index in [-0.39, 0.29) is 11.0 Å². The molecule has 0 spiro atoms. The molecule has 0 N–H and O–H groups in total. The Kier molecular flexibility index (Phi) is 3.19. The zero-order valence-electron chi connectivity index (χ0n) is 10.2. The standard InChI is InChI=1S/C13H12F3NS/c1-13(2,3)10-6-18-12(17-10)7-4-8(14)11(16)9(15)5-7/h4-6H,1-3H3. The molecule has 0 atom stereocenters. The van der Waals surface area contributed by atoms with Gasteiger partial charge in [-0.25, -0.2) is 18.2 Å². The minimum atomic E-state index is -1.45. The average Bonchev–Trinajstić information content (AvgIpc) is 2.73. The first-order chi connectivity index (χ1) is 8.29. The van der Waals surface area contributed by atoms with Gasteiger partial charge in [-0.15, -0.1) is 11.3 Å². The largest absolute Gasteiger partial charge is 0.241 e. The van der Waals surface area contributed by atoms with Crippen molar-refractivity contribution >= 4 is 11.3 Å². The van der Waals surface area contributed by atoms with Crippen molar-refractivity contribution in [1.29, 1.82) is 0 Å². The summed E-state index contributed by atoms with van der Waals surface area (Å²) in [5, 5.41) is 2.33. The monoisotopic (exact) mass is 271 g/mol. The molecule has 2 rings (SSSR count). The summed E-state index contributed by atoms with van der Waals surface area (Å²) >= 11 is 1.29. The van der Waals surface area contributed by atoms with Crippen LogP contribution in [0.3, 0.4) is 0 Å². The lowest BCUT2D eigenvalue weighted by atomic mass is 9.93. The van der Waals surface area contributed by atoms with Crippen LogP contribution in [0.4, 0.5) is 13.2 Å². The molecule has 0 radical (unpaired) electrons. The molecule has 2 aromatic rings. The van der Waals surface area contributed by atoms with Crippen molar-refractivity contribution in [2.45, 2.75) is 26.2 Å². The van der Waals surface area contributed by atoms with E-state index in [1.54, 1.807) is 0 Å². The zero-order valence-corrected chi connectivity index (χ0v) is 11.0. The van der Waals surface area contributed by atoms with Gasteiger partial charge in [0.25, 0.3) is 0 Å². The van der Waals surface area contributed by atoms with E-state index in [2.05, 4.69) is 4.98 Å². The molecule has 1 heterocycles. The fraction of sp³-hybridized carbons (Fsp3) is 0.308. The van der Waals surface area contributed by atoms with Crippen molar-refractivity contribution in [3.05, 3.63) is 40.7 Å². The molecular formula is C13H12F3NS. The lowest BCUT2D eigenvalue weighted by Gasteiger charge is -2.14. The van der Waals surface area contributed by atoms with E-state index < -0.39 is 17.5 Å².